The SMILES string of the molecule is CC(=O)c1ccc(/C=N/Nc2ccc([N+](=O)[O-])cc2[N+](=O)[O-])o1. The van der Waals surface area contributed by atoms with Gasteiger partial charge in [-0.05, 0) is 18.2 Å². The second-order valence-corrected chi connectivity index (χ2v) is 4.34. The number of nitro groups is 2. The number of carbonyl (C=O) groups is 1. The van der Waals surface area contributed by atoms with Gasteiger partial charge in [0.05, 0.1) is 22.1 Å². The van der Waals surface area contributed by atoms with Crippen molar-refractivity contribution in [1.29, 1.82) is 0 Å². The molecule has 0 radical (unpaired) electrons. The lowest BCUT2D eigenvalue weighted by atomic mass is 10.2. The van der Waals surface area contributed by atoms with E-state index in [-0.39, 0.29) is 23.0 Å². The van der Waals surface area contributed by atoms with E-state index in [0.717, 1.165) is 12.1 Å². The van der Waals surface area contributed by atoms with Gasteiger partial charge in [0.2, 0.25) is 0 Å². The van der Waals surface area contributed by atoms with Crippen molar-refractivity contribution >= 4 is 29.1 Å². The maximum Gasteiger partial charge on any atom is 0.301 e. The minimum absolute atomic E-state index is 0.0183. The molecule has 10 heteroatoms. The van der Waals surface area contributed by atoms with Crippen LogP contribution in [0.5, 0.6) is 0 Å². The Hall–Kier alpha value is -3.56. The zero-order valence-corrected chi connectivity index (χ0v) is 11.8. The third-order valence-corrected chi connectivity index (χ3v) is 2.74. The van der Waals surface area contributed by atoms with Gasteiger partial charge in [0.15, 0.2) is 11.5 Å². The van der Waals surface area contributed by atoms with Crippen molar-refractivity contribution < 1.29 is 19.1 Å². The highest BCUT2D eigenvalue weighted by atomic mass is 16.6. The molecule has 1 aromatic heterocycles. The van der Waals surface area contributed by atoms with Crippen molar-refractivity contribution in [3.63, 3.8) is 0 Å². The Balaban J connectivity index is 2.18. The van der Waals surface area contributed by atoms with Crippen molar-refractivity contribution in [1.82, 2.24) is 0 Å². The van der Waals surface area contributed by atoms with Crippen LogP contribution in [0.2, 0.25) is 0 Å². The van der Waals surface area contributed by atoms with Gasteiger partial charge in [-0.2, -0.15) is 5.10 Å². The van der Waals surface area contributed by atoms with E-state index in [1.54, 1.807) is 0 Å². The lowest BCUT2D eigenvalue weighted by Gasteiger charge is -2.01. The second-order valence-electron chi connectivity index (χ2n) is 4.34. The first-order valence-corrected chi connectivity index (χ1v) is 6.21. The molecule has 1 N–H and O–H groups in total. The molecule has 118 valence electrons. The third kappa shape index (κ3) is 3.75. The number of nitrogens with zero attached hydrogens (tertiary/aromatic N) is 3. The molecule has 0 bridgehead atoms. The fraction of sp³-hybridized carbons (Fsp3) is 0.0769. The Morgan fingerprint density at radius 2 is 1.96 bits per heavy atom. The quantitative estimate of drug-likeness (QED) is 0.373. The number of hydrazone groups is 1. The van der Waals surface area contributed by atoms with Crippen LogP contribution >= 0.6 is 0 Å². The summed E-state index contributed by atoms with van der Waals surface area (Å²) >= 11 is 0. The van der Waals surface area contributed by atoms with Gasteiger partial charge < -0.3 is 4.42 Å². The molecule has 0 atom stereocenters. The number of hydrogen-bond donors (Lipinski definition) is 1. The summed E-state index contributed by atoms with van der Waals surface area (Å²) in [6.07, 6.45) is 1.22. The number of hydrogen-bond acceptors (Lipinski definition) is 8. The zero-order valence-electron chi connectivity index (χ0n) is 11.8. The number of ketones is 1. The number of nitro benzene ring substituents is 2. The minimum atomic E-state index is -0.758. The van der Waals surface area contributed by atoms with Crippen molar-refractivity contribution in [3.05, 3.63) is 62.1 Å². The highest BCUT2D eigenvalue weighted by Crippen LogP contribution is 2.28. The van der Waals surface area contributed by atoms with E-state index in [1.807, 2.05) is 0 Å². The molecule has 0 aliphatic carbocycles. The van der Waals surface area contributed by atoms with Crippen LogP contribution in [0, 0.1) is 20.2 Å². The van der Waals surface area contributed by atoms with Crippen LogP contribution in [0.1, 0.15) is 23.2 Å². The molecule has 0 amide bonds. The van der Waals surface area contributed by atoms with Crippen molar-refractivity contribution in [2.24, 2.45) is 5.10 Å². The molecule has 23 heavy (non-hydrogen) atoms. The van der Waals surface area contributed by atoms with E-state index >= 15 is 0 Å². The molecule has 10 nitrogen and oxygen atoms in total. The van der Waals surface area contributed by atoms with Crippen LogP contribution in [0.4, 0.5) is 17.1 Å². The number of furan rings is 1. The number of carbonyl (C=O) groups excluding carboxylic acids is 1. The molecular weight excluding hydrogens is 308 g/mol. The molecule has 2 rings (SSSR count). The number of rotatable bonds is 6. The lowest BCUT2D eigenvalue weighted by molar-refractivity contribution is -0.393. The molecule has 0 spiro atoms. The number of non-ortho nitro benzene ring substituents is 1. The predicted octanol–water partition coefficient (Wildman–Crippen LogP) is 2.74. The Morgan fingerprint density at radius 1 is 1.22 bits per heavy atom. The van der Waals surface area contributed by atoms with Gasteiger partial charge in [-0.15, -0.1) is 0 Å². The first kappa shape index (κ1) is 15.8. The summed E-state index contributed by atoms with van der Waals surface area (Å²) in [4.78, 5) is 31.2. The highest BCUT2D eigenvalue weighted by Gasteiger charge is 2.19. The number of benzene rings is 1. The van der Waals surface area contributed by atoms with Crippen molar-refractivity contribution in [2.45, 2.75) is 6.92 Å². The van der Waals surface area contributed by atoms with E-state index in [2.05, 4.69) is 10.5 Å². The summed E-state index contributed by atoms with van der Waals surface area (Å²) in [5.74, 6) is 0.184. The average Bonchev–Trinajstić information content (AvgIpc) is 2.96. The van der Waals surface area contributed by atoms with E-state index < -0.39 is 21.2 Å². The fourth-order valence-electron chi connectivity index (χ4n) is 1.66. The third-order valence-electron chi connectivity index (χ3n) is 2.74. The molecule has 0 fully saturated rings. The summed E-state index contributed by atoms with van der Waals surface area (Å²) in [6, 6.07) is 6.10. The highest BCUT2D eigenvalue weighted by molar-refractivity contribution is 5.92. The zero-order chi connectivity index (χ0) is 17.0. The average molecular weight is 318 g/mol. The van der Waals surface area contributed by atoms with E-state index in [0.29, 0.717) is 0 Å². The summed E-state index contributed by atoms with van der Waals surface area (Å²) in [7, 11) is 0. The van der Waals surface area contributed by atoms with Gasteiger partial charge in [0.1, 0.15) is 11.4 Å². The van der Waals surface area contributed by atoms with Gasteiger partial charge in [0.25, 0.3) is 5.69 Å². The van der Waals surface area contributed by atoms with Crippen molar-refractivity contribution in [2.75, 3.05) is 5.43 Å². The van der Waals surface area contributed by atoms with Crippen LogP contribution in [-0.2, 0) is 0 Å². The molecule has 1 heterocycles. The Bertz CT molecular complexity index is 811. The standard InChI is InChI=1S/C13H10N4O6/c1-8(18)13-5-3-10(23-13)7-14-15-11-4-2-9(16(19)20)6-12(11)17(21)22/h2-7,15H,1H3/b14-7+. The molecule has 0 aliphatic rings. The maximum atomic E-state index is 11.1. The molecule has 0 saturated carbocycles. The first-order valence-electron chi connectivity index (χ1n) is 6.21. The van der Waals surface area contributed by atoms with Gasteiger partial charge in [-0.3, -0.25) is 30.4 Å². The van der Waals surface area contributed by atoms with E-state index in [9.17, 15) is 25.0 Å². The maximum absolute atomic E-state index is 11.1. The largest absolute Gasteiger partial charge is 0.452 e. The normalized spacial score (nSPS) is 10.7. The smallest absolute Gasteiger partial charge is 0.301 e. The summed E-state index contributed by atoms with van der Waals surface area (Å²) in [5, 5.41) is 25.3. The minimum Gasteiger partial charge on any atom is -0.452 e. The monoisotopic (exact) mass is 318 g/mol. The second kappa shape index (κ2) is 6.47. The predicted molar refractivity (Wildman–Crippen MR) is 79.7 cm³/mol. The van der Waals surface area contributed by atoms with Crippen LogP contribution in [0.15, 0.2) is 39.9 Å². The molecule has 0 aliphatic heterocycles. The molecule has 0 unspecified atom stereocenters. The first-order chi connectivity index (χ1) is 10.9. The summed E-state index contributed by atoms with van der Waals surface area (Å²) in [5.41, 5.74) is 1.50. The molecule has 2 aromatic rings. The summed E-state index contributed by atoms with van der Waals surface area (Å²) in [6.45, 7) is 1.35. The van der Waals surface area contributed by atoms with Crippen LogP contribution in [0.25, 0.3) is 0 Å². The van der Waals surface area contributed by atoms with Crippen molar-refractivity contribution in [3.8, 4) is 0 Å². The van der Waals surface area contributed by atoms with E-state index in [4.69, 9.17) is 4.42 Å². The number of Topliss-reactive ketones (excluding diaryl/α,β-unsaturated/α-hetero) is 1. The van der Waals surface area contributed by atoms with Crippen LogP contribution in [0.3, 0.4) is 0 Å². The number of anilines is 1. The molecular formula is C13H10N4O6. The Kier molecular flexibility index (Phi) is 4.45. The van der Waals surface area contributed by atoms with E-state index in [1.165, 1.54) is 31.3 Å². The summed E-state index contributed by atoms with van der Waals surface area (Å²) < 4.78 is 5.15. The van der Waals surface area contributed by atoms with Crippen LogP contribution < -0.4 is 5.43 Å². The van der Waals surface area contributed by atoms with Crippen LogP contribution in [-0.4, -0.2) is 21.8 Å². The Morgan fingerprint density at radius 3 is 2.52 bits per heavy atom. The lowest BCUT2D eigenvalue weighted by Crippen LogP contribution is -1.98. The van der Waals surface area contributed by atoms with Gasteiger partial charge in [-0.25, -0.2) is 0 Å². The van der Waals surface area contributed by atoms with Gasteiger partial charge in [0, 0.05) is 13.0 Å². The Labute approximate surface area is 128 Å². The van der Waals surface area contributed by atoms with Gasteiger partial charge in [-0.1, -0.05) is 0 Å². The number of nitrogens with one attached hydrogen (secondary N) is 1. The topological polar surface area (TPSA) is 141 Å². The molecule has 1 aromatic carbocycles. The fourth-order valence-corrected chi connectivity index (χ4v) is 1.66. The molecule has 0 saturated heterocycles. The van der Waals surface area contributed by atoms with Gasteiger partial charge >= 0.3 is 5.69 Å².